The summed E-state index contributed by atoms with van der Waals surface area (Å²) in [6.07, 6.45) is 1.46. The number of thiazole rings is 1. The predicted molar refractivity (Wildman–Crippen MR) is 74.1 cm³/mol. The van der Waals surface area contributed by atoms with Gasteiger partial charge in [0.25, 0.3) is 0 Å². The van der Waals surface area contributed by atoms with E-state index in [4.69, 9.17) is 11.6 Å². The maximum atomic E-state index is 12.6. The Balaban J connectivity index is 2.25. The lowest BCUT2D eigenvalue weighted by atomic mass is 10.3. The number of rotatable bonds is 5. The summed E-state index contributed by atoms with van der Waals surface area (Å²) in [5.41, 5.74) is 0.110. The highest BCUT2D eigenvalue weighted by atomic mass is 35.5. The average Bonchev–Trinajstić information content (AvgIpc) is 2.82. The molecular weight excluding hydrogens is 330 g/mol. The molecule has 2 aromatic rings. The molecule has 1 N–H and O–H groups in total. The van der Waals surface area contributed by atoms with Crippen LogP contribution >= 0.6 is 22.9 Å². The van der Waals surface area contributed by atoms with E-state index >= 15 is 0 Å². The lowest BCUT2D eigenvalue weighted by Crippen LogP contribution is -2.14. The summed E-state index contributed by atoms with van der Waals surface area (Å²) in [7, 11) is -4.65. The first-order chi connectivity index (χ1) is 9.41. The fourth-order valence-electron chi connectivity index (χ4n) is 1.50. The molecule has 0 bridgehead atoms. The fraction of sp³-hybridized carbons (Fsp3) is 0.182. The molecule has 4 nitrogen and oxygen atoms in total. The van der Waals surface area contributed by atoms with Gasteiger partial charge in [-0.1, -0.05) is 23.7 Å². The van der Waals surface area contributed by atoms with Crippen LogP contribution in [0.25, 0.3) is 0 Å². The molecule has 0 saturated heterocycles. The third-order valence-electron chi connectivity index (χ3n) is 2.38. The van der Waals surface area contributed by atoms with Crippen molar-refractivity contribution >= 4 is 38.5 Å². The summed E-state index contributed by atoms with van der Waals surface area (Å²) in [4.78, 5) is 3.55. The first kappa shape index (κ1) is 15.1. The van der Waals surface area contributed by atoms with Crippen molar-refractivity contribution in [1.29, 1.82) is 0 Å². The maximum absolute atomic E-state index is 12.6. The largest absolute Gasteiger partial charge is 0.377 e. The van der Waals surface area contributed by atoms with Gasteiger partial charge in [-0.3, -0.25) is 0 Å². The van der Waals surface area contributed by atoms with Gasteiger partial charge in [-0.15, -0.1) is 11.3 Å². The third-order valence-corrected chi connectivity index (χ3v) is 4.94. The number of sulfone groups is 1. The van der Waals surface area contributed by atoms with Gasteiger partial charge in [0.1, 0.15) is 9.34 Å². The number of nitrogens with one attached hydrogen (secondary N) is 1. The third kappa shape index (κ3) is 3.25. The lowest BCUT2D eigenvalue weighted by Gasteiger charge is -2.11. The smallest absolute Gasteiger partial charge is 0.341 e. The molecule has 0 aliphatic rings. The molecule has 108 valence electrons. The standard InChI is InChI=1S/C11H9ClF2N2O2S2/c12-9-5-16-10(19-9)6-15-7-3-1-2-4-8(7)20(17,18)11(13)14/h1-5,11,15H,6H2. The van der Waals surface area contributed by atoms with E-state index in [-0.39, 0.29) is 12.2 Å². The van der Waals surface area contributed by atoms with Gasteiger partial charge in [-0.25, -0.2) is 13.4 Å². The molecule has 1 aromatic carbocycles. The number of benzene rings is 1. The number of alkyl halides is 2. The highest BCUT2D eigenvalue weighted by Gasteiger charge is 2.28. The Morgan fingerprint density at radius 3 is 2.65 bits per heavy atom. The molecule has 0 atom stereocenters. The van der Waals surface area contributed by atoms with Crippen LogP contribution in [0.5, 0.6) is 0 Å². The monoisotopic (exact) mass is 338 g/mol. The number of hydrogen-bond acceptors (Lipinski definition) is 5. The SMILES string of the molecule is O=S(=O)(c1ccccc1NCc1ncc(Cl)s1)C(F)F. The van der Waals surface area contributed by atoms with Gasteiger partial charge in [0.15, 0.2) is 0 Å². The Morgan fingerprint density at radius 1 is 1.35 bits per heavy atom. The van der Waals surface area contributed by atoms with Crippen LogP contribution in [0.2, 0.25) is 4.34 Å². The van der Waals surface area contributed by atoms with Gasteiger partial charge >= 0.3 is 5.76 Å². The molecule has 9 heteroatoms. The molecule has 0 fully saturated rings. The molecule has 1 heterocycles. The van der Waals surface area contributed by atoms with E-state index in [1.54, 1.807) is 6.07 Å². The maximum Gasteiger partial charge on any atom is 0.341 e. The number of halogens is 3. The summed E-state index contributed by atoms with van der Waals surface area (Å²) in [5, 5.41) is 3.40. The molecule has 0 saturated carbocycles. The van der Waals surface area contributed by atoms with Crippen molar-refractivity contribution in [3.63, 3.8) is 0 Å². The Morgan fingerprint density at radius 2 is 2.05 bits per heavy atom. The van der Waals surface area contributed by atoms with Crippen molar-refractivity contribution in [2.75, 3.05) is 5.32 Å². The average molecular weight is 339 g/mol. The summed E-state index contributed by atoms with van der Waals surface area (Å²) in [6.45, 7) is 0.202. The molecule has 1 aromatic heterocycles. The van der Waals surface area contributed by atoms with Crippen molar-refractivity contribution < 1.29 is 17.2 Å². The van der Waals surface area contributed by atoms with Crippen molar-refractivity contribution in [2.24, 2.45) is 0 Å². The molecular formula is C11H9ClF2N2O2S2. The molecule has 0 radical (unpaired) electrons. The number of aromatic nitrogens is 1. The zero-order chi connectivity index (χ0) is 14.8. The van der Waals surface area contributed by atoms with E-state index in [0.717, 1.165) is 6.07 Å². The van der Waals surface area contributed by atoms with E-state index in [0.29, 0.717) is 9.34 Å². The second-order valence-electron chi connectivity index (χ2n) is 3.71. The lowest BCUT2D eigenvalue weighted by molar-refractivity contribution is 0.235. The van der Waals surface area contributed by atoms with Crippen LogP contribution in [0.3, 0.4) is 0 Å². The first-order valence-electron chi connectivity index (χ1n) is 5.36. The van der Waals surface area contributed by atoms with Gasteiger partial charge in [-0.05, 0) is 12.1 Å². The molecule has 2 rings (SSSR count). The molecule has 20 heavy (non-hydrogen) atoms. The fourth-order valence-corrected chi connectivity index (χ4v) is 3.30. The van der Waals surface area contributed by atoms with Crippen LogP contribution in [0, 0.1) is 0 Å². The van der Waals surface area contributed by atoms with Crippen LogP contribution in [0.15, 0.2) is 35.4 Å². The van der Waals surface area contributed by atoms with Crippen LogP contribution in [0.1, 0.15) is 5.01 Å². The van der Waals surface area contributed by atoms with Gasteiger partial charge in [0.2, 0.25) is 9.84 Å². The summed E-state index contributed by atoms with van der Waals surface area (Å²) in [5.74, 6) is -3.46. The van der Waals surface area contributed by atoms with Gasteiger partial charge < -0.3 is 5.32 Å². The van der Waals surface area contributed by atoms with E-state index in [1.165, 1.54) is 29.7 Å². The van der Waals surface area contributed by atoms with E-state index < -0.39 is 20.5 Å². The number of anilines is 1. The van der Waals surface area contributed by atoms with Crippen LogP contribution in [-0.2, 0) is 16.4 Å². The molecule has 0 aliphatic heterocycles. The Bertz CT molecular complexity index is 704. The molecule has 0 aliphatic carbocycles. The Labute approximate surface area is 123 Å². The summed E-state index contributed by atoms with van der Waals surface area (Å²) in [6, 6.07) is 5.51. The van der Waals surface area contributed by atoms with Crippen molar-refractivity contribution in [2.45, 2.75) is 17.2 Å². The van der Waals surface area contributed by atoms with Crippen LogP contribution < -0.4 is 5.32 Å². The summed E-state index contributed by atoms with van der Waals surface area (Å²) < 4.78 is 48.8. The van der Waals surface area contributed by atoms with Gasteiger partial charge in [-0.2, -0.15) is 8.78 Å². The zero-order valence-electron chi connectivity index (χ0n) is 9.89. The van der Waals surface area contributed by atoms with Crippen molar-refractivity contribution in [3.8, 4) is 0 Å². The molecule has 0 amide bonds. The number of nitrogens with zero attached hydrogens (tertiary/aromatic N) is 1. The normalized spacial score (nSPS) is 11.8. The zero-order valence-corrected chi connectivity index (χ0v) is 12.3. The highest BCUT2D eigenvalue weighted by molar-refractivity contribution is 7.91. The van der Waals surface area contributed by atoms with Crippen molar-refractivity contribution in [1.82, 2.24) is 4.98 Å². The number of hydrogen-bond donors (Lipinski definition) is 1. The Kier molecular flexibility index (Phi) is 4.56. The second kappa shape index (κ2) is 6.02. The minimum absolute atomic E-state index is 0.110. The minimum atomic E-state index is -4.65. The van der Waals surface area contributed by atoms with Gasteiger partial charge in [0.05, 0.1) is 23.3 Å². The summed E-state index contributed by atoms with van der Waals surface area (Å²) >= 11 is 6.94. The topological polar surface area (TPSA) is 59.1 Å². The van der Waals surface area contributed by atoms with Crippen LogP contribution in [-0.4, -0.2) is 19.2 Å². The predicted octanol–water partition coefficient (Wildman–Crippen LogP) is 3.40. The Hall–Kier alpha value is -1.25. The van der Waals surface area contributed by atoms with E-state index in [1.807, 2.05) is 0 Å². The molecule has 0 spiro atoms. The molecule has 0 unspecified atom stereocenters. The quantitative estimate of drug-likeness (QED) is 0.907. The van der Waals surface area contributed by atoms with Crippen molar-refractivity contribution in [3.05, 3.63) is 39.8 Å². The second-order valence-corrected chi connectivity index (χ2v) is 7.35. The number of para-hydroxylation sites is 1. The van der Waals surface area contributed by atoms with E-state index in [9.17, 15) is 17.2 Å². The highest BCUT2D eigenvalue weighted by Crippen LogP contribution is 2.27. The van der Waals surface area contributed by atoms with Crippen LogP contribution in [0.4, 0.5) is 14.5 Å². The van der Waals surface area contributed by atoms with Gasteiger partial charge in [0, 0.05) is 0 Å². The van der Waals surface area contributed by atoms with E-state index in [2.05, 4.69) is 10.3 Å². The first-order valence-corrected chi connectivity index (χ1v) is 8.10. The minimum Gasteiger partial charge on any atom is -0.377 e.